The molecule has 1 aromatic carbocycles. The van der Waals surface area contributed by atoms with Crippen molar-refractivity contribution in [1.29, 1.82) is 0 Å². The van der Waals surface area contributed by atoms with E-state index in [1.54, 1.807) is 6.07 Å². The Balaban J connectivity index is 1.42. The van der Waals surface area contributed by atoms with Gasteiger partial charge >= 0.3 is 0 Å². The van der Waals surface area contributed by atoms with Gasteiger partial charge in [0.15, 0.2) is 0 Å². The molecular weight excluding hydrogens is 319 g/mol. The number of hydrogen-bond acceptors (Lipinski definition) is 4. The summed E-state index contributed by atoms with van der Waals surface area (Å²) in [5.74, 6) is -0.484. The molecule has 4 aliphatic heterocycles. The van der Waals surface area contributed by atoms with E-state index in [0.29, 0.717) is 24.2 Å². The highest BCUT2D eigenvalue weighted by Crippen LogP contribution is 2.34. The Morgan fingerprint density at radius 1 is 1.12 bits per heavy atom. The quantitative estimate of drug-likeness (QED) is 0.853. The maximum Gasteiger partial charge on any atom is 0.257 e. The Hall–Kier alpha value is -1.66. The smallest absolute Gasteiger partial charge is 0.257 e. The molecule has 25 heavy (non-hydrogen) atoms. The van der Waals surface area contributed by atoms with E-state index in [1.807, 2.05) is 4.90 Å². The number of carbonyl (C=O) groups is 1. The van der Waals surface area contributed by atoms with Gasteiger partial charge in [0.2, 0.25) is 0 Å². The summed E-state index contributed by atoms with van der Waals surface area (Å²) in [5, 5.41) is 6.96. The Bertz CT molecular complexity index is 691. The minimum Gasteiger partial charge on any atom is -0.368 e. The number of piperidine rings is 1. The molecule has 2 bridgehead atoms. The van der Waals surface area contributed by atoms with Crippen LogP contribution in [0.3, 0.4) is 0 Å². The van der Waals surface area contributed by atoms with Crippen molar-refractivity contribution >= 4 is 11.6 Å². The topological polar surface area (TPSA) is 47.6 Å². The van der Waals surface area contributed by atoms with Crippen molar-refractivity contribution in [1.82, 2.24) is 15.5 Å². The van der Waals surface area contributed by atoms with Gasteiger partial charge in [-0.05, 0) is 49.9 Å². The van der Waals surface area contributed by atoms with E-state index in [0.717, 1.165) is 50.3 Å². The standard InChI is InChI=1S/C19H25FN4O/c20-17-7-16(23-10-13-3-4-14(11-23)22-13)6-12-9-24(19(25)18(12)17)15-2-1-5-21-8-15/h6-7,13-15,21-22H,1-5,8-11H2. The molecule has 4 aliphatic rings. The SMILES string of the molecule is O=C1c2c(F)cc(N3CC4CCC(C3)N4)cc2CN1C1CCCNC1. The number of nitrogens with zero attached hydrogens (tertiary/aromatic N) is 2. The molecule has 1 aromatic rings. The fourth-order valence-electron chi connectivity index (χ4n) is 5.00. The molecule has 1 amide bonds. The van der Waals surface area contributed by atoms with Gasteiger partial charge in [-0.15, -0.1) is 0 Å². The van der Waals surface area contributed by atoms with Gasteiger partial charge < -0.3 is 20.4 Å². The molecule has 0 saturated carbocycles. The van der Waals surface area contributed by atoms with Crippen molar-refractivity contribution in [2.75, 3.05) is 31.1 Å². The number of carbonyl (C=O) groups excluding carboxylic acids is 1. The third-order valence-corrected chi connectivity index (χ3v) is 6.27. The zero-order chi connectivity index (χ0) is 17.0. The first-order valence-electron chi connectivity index (χ1n) is 9.54. The number of benzene rings is 1. The second-order valence-corrected chi connectivity index (χ2v) is 7.94. The lowest BCUT2D eigenvalue weighted by Gasteiger charge is -2.34. The Morgan fingerprint density at radius 2 is 1.92 bits per heavy atom. The molecule has 3 saturated heterocycles. The first-order valence-corrected chi connectivity index (χ1v) is 9.54. The van der Waals surface area contributed by atoms with Crippen molar-refractivity contribution < 1.29 is 9.18 Å². The largest absolute Gasteiger partial charge is 0.368 e. The maximum atomic E-state index is 14.8. The second kappa shape index (κ2) is 5.95. The van der Waals surface area contributed by atoms with E-state index in [2.05, 4.69) is 21.6 Å². The summed E-state index contributed by atoms with van der Waals surface area (Å²) in [6.45, 7) is 4.23. The molecule has 3 fully saturated rings. The van der Waals surface area contributed by atoms with Crippen LogP contribution in [0.2, 0.25) is 0 Å². The third-order valence-electron chi connectivity index (χ3n) is 6.27. The van der Waals surface area contributed by atoms with Crippen molar-refractivity contribution in [2.45, 2.75) is 50.4 Å². The first kappa shape index (κ1) is 15.6. The monoisotopic (exact) mass is 344 g/mol. The molecule has 5 nitrogen and oxygen atoms in total. The highest BCUT2D eigenvalue weighted by Gasteiger charge is 2.37. The van der Waals surface area contributed by atoms with Gasteiger partial charge in [-0.3, -0.25) is 4.79 Å². The van der Waals surface area contributed by atoms with Crippen molar-refractivity contribution in [3.63, 3.8) is 0 Å². The number of halogens is 1. The number of amides is 1. The predicted molar refractivity (Wildman–Crippen MR) is 94.3 cm³/mol. The molecule has 2 N–H and O–H groups in total. The lowest BCUT2D eigenvalue weighted by molar-refractivity contribution is 0.0671. The minimum absolute atomic E-state index is 0.131. The van der Waals surface area contributed by atoms with E-state index in [4.69, 9.17) is 0 Å². The van der Waals surface area contributed by atoms with Crippen LogP contribution in [0.15, 0.2) is 12.1 Å². The zero-order valence-electron chi connectivity index (χ0n) is 14.4. The summed E-state index contributed by atoms with van der Waals surface area (Å²) in [5.41, 5.74) is 2.09. The molecule has 0 aliphatic carbocycles. The van der Waals surface area contributed by atoms with Crippen LogP contribution >= 0.6 is 0 Å². The summed E-state index contributed by atoms with van der Waals surface area (Å²) in [7, 11) is 0. The molecule has 0 aromatic heterocycles. The highest BCUT2D eigenvalue weighted by atomic mass is 19.1. The molecule has 6 heteroatoms. The summed E-state index contributed by atoms with van der Waals surface area (Å²) in [6.07, 6.45) is 4.48. The summed E-state index contributed by atoms with van der Waals surface area (Å²) < 4.78 is 14.8. The second-order valence-electron chi connectivity index (χ2n) is 7.94. The molecule has 4 heterocycles. The number of nitrogens with one attached hydrogen (secondary N) is 2. The first-order chi connectivity index (χ1) is 12.2. The van der Waals surface area contributed by atoms with E-state index >= 15 is 0 Å². The Kier molecular flexibility index (Phi) is 3.71. The van der Waals surface area contributed by atoms with Crippen LogP contribution in [0.25, 0.3) is 0 Å². The van der Waals surface area contributed by atoms with Crippen molar-refractivity contribution in [3.05, 3.63) is 29.1 Å². The molecule has 3 unspecified atom stereocenters. The van der Waals surface area contributed by atoms with Crippen LogP contribution in [0.1, 0.15) is 41.6 Å². The highest BCUT2D eigenvalue weighted by molar-refractivity contribution is 5.99. The Labute approximate surface area is 147 Å². The number of anilines is 1. The van der Waals surface area contributed by atoms with Gasteiger partial charge in [0.25, 0.3) is 5.91 Å². The van der Waals surface area contributed by atoms with Crippen LogP contribution < -0.4 is 15.5 Å². The van der Waals surface area contributed by atoms with Gasteiger partial charge in [0.05, 0.1) is 5.56 Å². The van der Waals surface area contributed by atoms with Crippen LogP contribution in [0.5, 0.6) is 0 Å². The van der Waals surface area contributed by atoms with Gasteiger partial charge in [0, 0.05) is 50.0 Å². The average molecular weight is 344 g/mol. The molecule has 5 rings (SSSR count). The van der Waals surface area contributed by atoms with E-state index in [1.165, 1.54) is 12.8 Å². The molecule has 3 atom stereocenters. The number of piperazine rings is 1. The fraction of sp³-hybridized carbons (Fsp3) is 0.632. The molecular formula is C19H25FN4O. The van der Waals surface area contributed by atoms with Gasteiger partial charge in [-0.25, -0.2) is 4.39 Å². The molecule has 0 spiro atoms. The van der Waals surface area contributed by atoms with E-state index < -0.39 is 0 Å². The summed E-state index contributed by atoms with van der Waals surface area (Å²) >= 11 is 0. The zero-order valence-corrected chi connectivity index (χ0v) is 14.4. The number of rotatable bonds is 2. The molecule has 134 valence electrons. The summed E-state index contributed by atoms with van der Waals surface area (Å²) in [6, 6.07) is 4.84. The van der Waals surface area contributed by atoms with E-state index in [9.17, 15) is 9.18 Å². The third kappa shape index (κ3) is 2.62. The normalized spacial score (nSPS) is 31.6. The molecule has 0 radical (unpaired) electrons. The predicted octanol–water partition coefficient (Wildman–Crippen LogP) is 1.47. The Morgan fingerprint density at radius 3 is 2.64 bits per heavy atom. The van der Waals surface area contributed by atoms with Crippen LogP contribution in [-0.2, 0) is 6.54 Å². The lowest BCUT2D eigenvalue weighted by Crippen LogP contribution is -2.51. The van der Waals surface area contributed by atoms with Crippen molar-refractivity contribution in [3.8, 4) is 0 Å². The number of fused-ring (bicyclic) bond motifs is 3. The minimum atomic E-state index is -0.352. The lowest BCUT2D eigenvalue weighted by atomic mass is 10.1. The van der Waals surface area contributed by atoms with Crippen LogP contribution in [0.4, 0.5) is 10.1 Å². The van der Waals surface area contributed by atoms with Crippen LogP contribution in [0, 0.1) is 5.82 Å². The van der Waals surface area contributed by atoms with E-state index in [-0.39, 0.29) is 17.8 Å². The summed E-state index contributed by atoms with van der Waals surface area (Å²) in [4.78, 5) is 16.9. The fourth-order valence-corrected chi connectivity index (χ4v) is 5.00. The van der Waals surface area contributed by atoms with Crippen molar-refractivity contribution in [2.24, 2.45) is 0 Å². The van der Waals surface area contributed by atoms with Crippen LogP contribution in [-0.4, -0.2) is 55.1 Å². The van der Waals surface area contributed by atoms with Gasteiger partial charge in [0.1, 0.15) is 5.82 Å². The number of hydrogen-bond donors (Lipinski definition) is 2. The van der Waals surface area contributed by atoms with Gasteiger partial charge in [-0.1, -0.05) is 0 Å². The van der Waals surface area contributed by atoms with Gasteiger partial charge in [-0.2, -0.15) is 0 Å². The maximum absolute atomic E-state index is 14.8. The average Bonchev–Trinajstić information content (AvgIpc) is 3.15.